The van der Waals surface area contributed by atoms with E-state index in [0.717, 1.165) is 12.8 Å². The van der Waals surface area contributed by atoms with Crippen LogP contribution in [0.3, 0.4) is 0 Å². The summed E-state index contributed by atoms with van der Waals surface area (Å²) in [4.78, 5) is 22.6. The van der Waals surface area contributed by atoms with E-state index in [-0.39, 0.29) is 25.5 Å². The molecule has 3 N–H and O–H groups in total. The SMILES string of the molecule is CCCCCCCCCCC=CC(CC(=O)NCCO)C(=O)O. The van der Waals surface area contributed by atoms with E-state index in [1.807, 2.05) is 6.08 Å². The van der Waals surface area contributed by atoms with Crippen molar-refractivity contribution in [3.05, 3.63) is 12.2 Å². The molecule has 0 spiro atoms. The molecule has 1 atom stereocenters. The molecule has 0 rings (SSSR count). The number of carboxylic acid groups (broad SMARTS) is 1. The molecule has 0 saturated carbocycles. The summed E-state index contributed by atoms with van der Waals surface area (Å²) in [7, 11) is 0. The Morgan fingerprint density at radius 1 is 1.04 bits per heavy atom. The van der Waals surface area contributed by atoms with Crippen molar-refractivity contribution in [2.45, 2.75) is 71.1 Å². The van der Waals surface area contributed by atoms with Crippen molar-refractivity contribution < 1.29 is 19.8 Å². The molecule has 0 radical (unpaired) electrons. The average Bonchev–Trinajstić information content (AvgIpc) is 2.53. The third-order valence-corrected chi connectivity index (χ3v) is 3.75. The van der Waals surface area contributed by atoms with Gasteiger partial charge in [0.15, 0.2) is 0 Å². The fourth-order valence-electron chi connectivity index (χ4n) is 2.36. The van der Waals surface area contributed by atoms with E-state index in [1.54, 1.807) is 6.08 Å². The summed E-state index contributed by atoms with van der Waals surface area (Å²) >= 11 is 0. The lowest BCUT2D eigenvalue weighted by molar-refractivity contribution is -0.142. The van der Waals surface area contributed by atoms with Crippen LogP contribution in [-0.4, -0.2) is 35.2 Å². The number of amides is 1. The first-order chi connectivity index (χ1) is 11.1. The van der Waals surface area contributed by atoms with Gasteiger partial charge in [-0.3, -0.25) is 9.59 Å². The van der Waals surface area contributed by atoms with Gasteiger partial charge in [0.2, 0.25) is 5.91 Å². The summed E-state index contributed by atoms with van der Waals surface area (Å²) in [6.45, 7) is 2.23. The number of allylic oxidation sites excluding steroid dienone is 1. The molecule has 0 aromatic rings. The van der Waals surface area contributed by atoms with Gasteiger partial charge in [-0.25, -0.2) is 0 Å². The third kappa shape index (κ3) is 14.0. The van der Waals surface area contributed by atoms with E-state index in [2.05, 4.69) is 12.2 Å². The summed E-state index contributed by atoms with van der Waals surface area (Å²) in [5.74, 6) is -2.12. The summed E-state index contributed by atoms with van der Waals surface area (Å²) in [5.41, 5.74) is 0. The zero-order chi connectivity index (χ0) is 17.3. The van der Waals surface area contributed by atoms with Gasteiger partial charge in [0.1, 0.15) is 0 Å². The van der Waals surface area contributed by atoms with Crippen molar-refractivity contribution in [3.63, 3.8) is 0 Å². The van der Waals surface area contributed by atoms with Crippen molar-refractivity contribution in [3.8, 4) is 0 Å². The highest BCUT2D eigenvalue weighted by Gasteiger charge is 2.17. The molecule has 1 amide bonds. The molecule has 0 aliphatic carbocycles. The molecule has 23 heavy (non-hydrogen) atoms. The molecule has 1 unspecified atom stereocenters. The van der Waals surface area contributed by atoms with Crippen molar-refractivity contribution in [1.29, 1.82) is 0 Å². The summed E-state index contributed by atoms with van der Waals surface area (Å²) < 4.78 is 0. The van der Waals surface area contributed by atoms with E-state index >= 15 is 0 Å². The van der Waals surface area contributed by atoms with Crippen LogP contribution in [0.1, 0.15) is 71.1 Å². The molecule has 0 fully saturated rings. The lowest BCUT2D eigenvalue weighted by Crippen LogP contribution is -2.29. The Kier molecular flexibility index (Phi) is 14.6. The zero-order valence-electron chi connectivity index (χ0n) is 14.4. The number of hydrogen-bond acceptors (Lipinski definition) is 3. The minimum absolute atomic E-state index is 0.0801. The smallest absolute Gasteiger partial charge is 0.310 e. The van der Waals surface area contributed by atoms with Crippen molar-refractivity contribution in [1.82, 2.24) is 5.32 Å². The molecule has 0 heterocycles. The summed E-state index contributed by atoms with van der Waals surface area (Å²) in [6.07, 6.45) is 14.3. The molecule has 0 aromatic heterocycles. The molecular weight excluding hydrogens is 294 g/mol. The molecular formula is C18H33NO4. The number of nitrogens with one attached hydrogen (secondary N) is 1. The number of carbonyl (C=O) groups is 2. The highest BCUT2D eigenvalue weighted by Crippen LogP contribution is 2.11. The van der Waals surface area contributed by atoms with Crippen molar-refractivity contribution in [2.75, 3.05) is 13.2 Å². The summed E-state index contributed by atoms with van der Waals surface area (Å²) in [6, 6.07) is 0. The van der Waals surface area contributed by atoms with E-state index in [9.17, 15) is 9.59 Å². The second-order valence-electron chi connectivity index (χ2n) is 5.91. The van der Waals surface area contributed by atoms with E-state index < -0.39 is 11.9 Å². The van der Waals surface area contributed by atoms with Gasteiger partial charge in [-0.15, -0.1) is 0 Å². The first kappa shape index (κ1) is 21.6. The number of aliphatic hydroxyl groups excluding tert-OH is 1. The number of unbranched alkanes of at least 4 members (excludes halogenated alkanes) is 8. The maximum atomic E-state index is 11.5. The Bertz CT molecular complexity index is 342. The predicted molar refractivity (Wildman–Crippen MR) is 92.2 cm³/mol. The second-order valence-corrected chi connectivity index (χ2v) is 5.91. The first-order valence-corrected chi connectivity index (χ1v) is 8.88. The number of rotatable bonds is 15. The number of aliphatic carboxylic acids is 1. The van der Waals surface area contributed by atoms with Gasteiger partial charge in [0, 0.05) is 13.0 Å². The Labute approximate surface area is 140 Å². The Morgan fingerprint density at radius 3 is 2.22 bits per heavy atom. The molecule has 0 aliphatic heterocycles. The van der Waals surface area contributed by atoms with Crippen LogP contribution >= 0.6 is 0 Å². The number of carbonyl (C=O) groups excluding carboxylic acids is 1. The molecule has 134 valence electrons. The van der Waals surface area contributed by atoms with Crippen molar-refractivity contribution in [2.24, 2.45) is 5.92 Å². The van der Waals surface area contributed by atoms with E-state index in [0.29, 0.717) is 0 Å². The van der Waals surface area contributed by atoms with Gasteiger partial charge < -0.3 is 15.5 Å². The number of carboxylic acids is 1. The third-order valence-electron chi connectivity index (χ3n) is 3.75. The molecule has 0 saturated heterocycles. The zero-order valence-corrected chi connectivity index (χ0v) is 14.4. The van der Waals surface area contributed by atoms with Gasteiger partial charge in [-0.05, 0) is 12.8 Å². The second kappa shape index (κ2) is 15.5. The fourth-order valence-corrected chi connectivity index (χ4v) is 2.36. The van der Waals surface area contributed by atoms with Crippen LogP contribution in [0.5, 0.6) is 0 Å². The van der Waals surface area contributed by atoms with Crippen LogP contribution in [0.4, 0.5) is 0 Å². The number of hydrogen-bond donors (Lipinski definition) is 3. The van der Waals surface area contributed by atoms with Crippen molar-refractivity contribution >= 4 is 11.9 Å². The monoisotopic (exact) mass is 327 g/mol. The van der Waals surface area contributed by atoms with Crippen LogP contribution < -0.4 is 5.32 Å². The van der Waals surface area contributed by atoms with Gasteiger partial charge in [0.05, 0.1) is 12.5 Å². The number of aliphatic hydroxyl groups is 1. The van der Waals surface area contributed by atoms with Gasteiger partial charge in [-0.2, -0.15) is 0 Å². The van der Waals surface area contributed by atoms with E-state index in [4.69, 9.17) is 10.2 Å². The molecule has 5 heteroatoms. The highest BCUT2D eigenvalue weighted by molar-refractivity contribution is 5.83. The first-order valence-electron chi connectivity index (χ1n) is 8.88. The van der Waals surface area contributed by atoms with E-state index in [1.165, 1.54) is 44.9 Å². The molecule has 5 nitrogen and oxygen atoms in total. The van der Waals surface area contributed by atoms with Crippen LogP contribution in [-0.2, 0) is 9.59 Å². The topological polar surface area (TPSA) is 86.6 Å². The minimum Gasteiger partial charge on any atom is -0.481 e. The molecule has 0 aliphatic rings. The van der Waals surface area contributed by atoms with Gasteiger partial charge >= 0.3 is 5.97 Å². The summed E-state index contributed by atoms with van der Waals surface area (Å²) in [5, 5.41) is 20.2. The Hall–Kier alpha value is -1.36. The normalized spacial score (nSPS) is 12.4. The van der Waals surface area contributed by atoms with Crippen LogP contribution in [0.15, 0.2) is 12.2 Å². The highest BCUT2D eigenvalue weighted by atomic mass is 16.4. The van der Waals surface area contributed by atoms with Gasteiger partial charge in [-0.1, -0.05) is 64.0 Å². The average molecular weight is 327 g/mol. The lowest BCUT2D eigenvalue weighted by Gasteiger charge is -2.08. The van der Waals surface area contributed by atoms with Crippen LogP contribution in [0.25, 0.3) is 0 Å². The maximum Gasteiger partial charge on any atom is 0.310 e. The molecule has 0 bridgehead atoms. The lowest BCUT2D eigenvalue weighted by atomic mass is 10.0. The Morgan fingerprint density at radius 2 is 1.65 bits per heavy atom. The standard InChI is InChI=1S/C18H33NO4/c1-2-3-4-5-6-7-8-9-10-11-12-16(18(22)23)15-17(21)19-13-14-20/h11-12,16,20H,2-10,13-15H2,1H3,(H,19,21)(H,22,23). The largest absolute Gasteiger partial charge is 0.481 e. The van der Waals surface area contributed by atoms with Crippen LogP contribution in [0.2, 0.25) is 0 Å². The minimum atomic E-state index is -0.990. The Balaban J connectivity index is 3.78. The quantitative estimate of drug-likeness (QED) is 0.318. The van der Waals surface area contributed by atoms with Crippen LogP contribution in [0, 0.1) is 5.92 Å². The maximum absolute atomic E-state index is 11.5. The fraction of sp³-hybridized carbons (Fsp3) is 0.778. The predicted octanol–water partition coefficient (Wildman–Crippen LogP) is 3.27. The molecule has 0 aromatic carbocycles. The van der Waals surface area contributed by atoms with Gasteiger partial charge in [0.25, 0.3) is 0 Å².